The van der Waals surface area contributed by atoms with Crippen LogP contribution in [0.3, 0.4) is 0 Å². The first-order chi connectivity index (χ1) is 20.4. The molecule has 2 aromatic carbocycles. The highest BCUT2D eigenvalue weighted by molar-refractivity contribution is 7.92. The number of aromatic nitrogens is 2. The maximum Gasteiger partial charge on any atom is 0.336 e. The van der Waals surface area contributed by atoms with E-state index in [2.05, 4.69) is 9.71 Å². The van der Waals surface area contributed by atoms with Gasteiger partial charge in [0.2, 0.25) is 10.0 Å². The van der Waals surface area contributed by atoms with Crippen molar-refractivity contribution in [2.24, 2.45) is 0 Å². The van der Waals surface area contributed by atoms with Gasteiger partial charge < -0.3 is 14.8 Å². The van der Waals surface area contributed by atoms with Crippen LogP contribution in [0.4, 0.5) is 5.69 Å². The summed E-state index contributed by atoms with van der Waals surface area (Å²) in [5.41, 5.74) is -7.42. The number of rotatable bonds is 7. The van der Waals surface area contributed by atoms with Gasteiger partial charge in [-0.3, -0.25) is 14.5 Å². The van der Waals surface area contributed by atoms with Crippen LogP contribution in [0.15, 0.2) is 46.1 Å². The van der Waals surface area contributed by atoms with Crippen molar-refractivity contribution >= 4 is 33.8 Å². The Hall–Kier alpha value is -4.12. The number of aromatic amines is 2. The van der Waals surface area contributed by atoms with Crippen LogP contribution in [0.1, 0.15) is 59.9 Å². The van der Waals surface area contributed by atoms with Crippen molar-refractivity contribution < 1.29 is 35.4 Å². The zero-order chi connectivity index (χ0) is 34.3. The van der Waals surface area contributed by atoms with Crippen LogP contribution in [0.2, 0.25) is 0 Å². The molecule has 0 radical (unpaired) electrons. The van der Waals surface area contributed by atoms with Crippen molar-refractivity contribution in [3.05, 3.63) is 79.6 Å². The Morgan fingerprint density at radius 2 is 1.83 bits per heavy atom. The third-order valence-electron chi connectivity index (χ3n) is 4.89. The fourth-order valence-electron chi connectivity index (χ4n) is 3.41. The van der Waals surface area contributed by atoms with Gasteiger partial charge in [0, 0.05) is 35.3 Å². The lowest BCUT2D eigenvalue weighted by atomic mass is 9.83. The molecule has 190 valence electrons. The molecule has 0 fully saturated rings. The lowest BCUT2D eigenvalue weighted by Gasteiger charge is -2.24. The fourth-order valence-corrected chi connectivity index (χ4v) is 3.96. The highest BCUT2D eigenvalue weighted by Gasteiger charge is 2.23. The number of hydrogen-bond acceptors (Lipinski definition) is 6. The number of methoxy groups -OCH3 is 1. The van der Waals surface area contributed by atoms with Gasteiger partial charge in [-0.15, -0.1) is 0 Å². The zero-order valence-corrected chi connectivity index (χ0v) is 19.7. The first-order valence-corrected chi connectivity index (χ1v) is 11.9. The lowest BCUT2D eigenvalue weighted by Crippen LogP contribution is -2.23. The summed E-state index contributed by atoms with van der Waals surface area (Å²) in [7, 11) is -2.73. The number of carboxylic acid groups (broad SMARTS) is 1. The van der Waals surface area contributed by atoms with Gasteiger partial charge in [-0.25, -0.2) is 18.0 Å². The molecule has 0 atom stereocenters. The molecule has 1 heterocycles. The minimum Gasteiger partial charge on any atom is -0.496 e. The van der Waals surface area contributed by atoms with Gasteiger partial charge in [-0.05, 0) is 40.8 Å². The highest BCUT2D eigenvalue weighted by Crippen LogP contribution is 2.38. The molecule has 10 nitrogen and oxygen atoms in total. The smallest absolute Gasteiger partial charge is 0.336 e. The van der Waals surface area contributed by atoms with E-state index in [1.807, 2.05) is 4.98 Å². The van der Waals surface area contributed by atoms with E-state index in [1.54, 1.807) is 0 Å². The summed E-state index contributed by atoms with van der Waals surface area (Å²) >= 11 is 0. The van der Waals surface area contributed by atoms with E-state index in [9.17, 15) is 27.9 Å². The molecule has 11 heteroatoms. The normalized spacial score (nSPS) is 16.8. The molecule has 0 spiro atoms. The molecule has 1 aromatic heterocycles. The highest BCUT2D eigenvalue weighted by atomic mass is 32.2. The van der Waals surface area contributed by atoms with Gasteiger partial charge in [-0.1, -0.05) is 38.8 Å². The van der Waals surface area contributed by atoms with Crippen LogP contribution in [0, 0.1) is 0 Å². The first-order valence-electron chi connectivity index (χ1n) is 14.5. The van der Waals surface area contributed by atoms with Gasteiger partial charge in [0.1, 0.15) is 5.75 Å². The second kappa shape index (κ2) is 9.86. The van der Waals surface area contributed by atoms with Crippen molar-refractivity contribution in [3.8, 4) is 16.9 Å². The molecule has 0 unspecified atom stereocenters. The quantitative estimate of drug-likeness (QED) is 0.347. The van der Waals surface area contributed by atoms with E-state index in [-0.39, 0.29) is 33.5 Å². The molecule has 0 saturated heterocycles. The number of anilines is 1. The SMILES string of the molecule is [2H]C([2H])([2H])C(c1cc(-c2c[nH]c(=O)[nH]c2=O)cc(/C=C/c2ccc(NS(C)(=O)=O)cc2C(=O)O)c1OC)(C([2H])([2H])[2H])C([2H])([2H])[2H]. The monoisotopic (exact) mass is 522 g/mol. The summed E-state index contributed by atoms with van der Waals surface area (Å²) in [6.07, 6.45) is 4.18. The van der Waals surface area contributed by atoms with Crippen molar-refractivity contribution in [3.63, 3.8) is 0 Å². The molecule has 36 heavy (non-hydrogen) atoms. The molecule has 4 N–H and O–H groups in total. The topological polar surface area (TPSA) is 158 Å². The first kappa shape index (κ1) is 16.5. The Labute approximate surface area is 220 Å². The summed E-state index contributed by atoms with van der Waals surface area (Å²) in [5, 5.41) is 9.76. The minimum absolute atomic E-state index is 0.00817. The number of hydrogen-bond donors (Lipinski definition) is 4. The molecule has 0 aliphatic carbocycles. The molecule has 0 aliphatic heterocycles. The van der Waals surface area contributed by atoms with Gasteiger partial charge >= 0.3 is 11.7 Å². The van der Waals surface area contributed by atoms with Crippen LogP contribution in [0.25, 0.3) is 23.3 Å². The number of carboxylic acids is 1. The van der Waals surface area contributed by atoms with Crippen molar-refractivity contribution in [1.29, 1.82) is 0 Å². The molecule has 3 rings (SSSR count). The standard InChI is InChI=1S/C25H27N3O7S/c1-25(2,3)20-11-16(19-13-26-24(32)27-22(19)29)10-15(21(20)35-4)7-6-14-8-9-17(28-36(5,33)34)12-18(14)23(30)31/h6-13,28H,1-5H3,(H,30,31)(H2,26,27,29,32)/b7-6+/i1D3,2D3,3D3. The predicted molar refractivity (Wildman–Crippen MR) is 139 cm³/mol. The molecule has 3 aromatic rings. The second-order valence-corrected chi connectivity index (χ2v) is 9.45. The Kier molecular flexibility index (Phi) is 4.53. The van der Waals surface area contributed by atoms with E-state index in [0.29, 0.717) is 0 Å². The van der Waals surface area contributed by atoms with Crippen molar-refractivity contribution in [1.82, 2.24) is 9.97 Å². The Bertz CT molecular complexity index is 1860. The third-order valence-corrected chi connectivity index (χ3v) is 5.49. The minimum atomic E-state index is -3.75. The summed E-state index contributed by atoms with van der Waals surface area (Å²) in [4.78, 5) is 40.6. The van der Waals surface area contributed by atoms with E-state index in [0.717, 1.165) is 31.7 Å². The van der Waals surface area contributed by atoms with Gasteiger partial charge in [0.15, 0.2) is 0 Å². The number of benzene rings is 2. The van der Waals surface area contributed by atoms with Crippen LogP contribution < -0.4 is 20.7 Å². The molecular weight excluding hydrogens is 486 g/mol. The van der Waals surface area contributed by atoms with Gasteiger partial charge in [0.25, 0.3) is 5.56 Å². The lowest BCUT2D eigenvalue weighted by molar-refractivity contribution is 0.0696. The van der Waals surface area contributed by atoms with Crippen molar-refractivity contribution in [2.45, 2.75) is 26.0 Å². The Morgan fingerprint density at radius 1 is 1.14 bits per heavy atom. The number of sulfonamides is 1. The maximum atomic E-state index is 12.7. The summed E-state index contributed by atoms with van der Waals surface area (Å²) < 4.78 is 104. The van der Waals surface area contributed by atoms with Crippen LogP contribution in [-0.4, -0.2) is 42.8 Å². The van der Waals surface area contributed by atoms with E-state index < -0.39 is 64.5 Å². The zero-order valence-electron chi connectivity index (χ0n) is 27.9. The van der Waals surface area contributed by atoms with Crippen LogP contribution >= 0.6 is 0 Å². The molecule has 0 bridgehead atoms. The number of ether oxygens (including phenoxy) is 1. The molecule has 0 aliphatic rings. The second-order valence-electron chi connectivity index (χ2n) is 7.70. The average molecular weight is 523 g/mol. The largest absolute Gasteiger partial charge is 0.496 e. The Morgan fingerprint density at radius 3 is 2.42 bits per heavy atom. The van der Waals surface area contributed by atoms with Crippen LogP contribution in [0.5, 0.6) is 5.75 Å². The van der Waals surface area contributed by atoms with Gasteiger partial charge in [-0.2, -0.15) is 0 Å². The van der Waals surface area contributed by atoms with Crippen molar-refractivity contribution in [2.75, 3.05) is 18.1 Å². The molecule has 0 amide bonds. The van der Waals surface area contributed by atoms with Crippen LogP contribution in [-0.2, 0) is 15.4 Å². The molecule has 0 saturated carbocycles. The number of aromatic carboxylic acids is 1. The number of H-pyrrole nitrogens is 2. The maximum absolute atomic E-state index is 12.7. The van der Waals surface area contributed by atoms with Gasteiger partial charge in [0.05, 0.1) is 24.5 Å². The number of nitrogens with one attached hydrogen (secondary N) is 3. The van der Waals surface area contributed by atoms with E-state index in [4.69, 9.17) is 17.1 Å². The summed E-state index contributed by atoms with van der Waals surface area (Å²) in [6, 6.07) is 5.62. The predicted octanol–water partition coefficient (Wildman–Crippen LogP) is 3.28. The Balaban J connectivity index is 2.49. The summed E-state index contributed by atoms with van der Waals surface area (Å²) in [6.45, 7) is -11.1. The molecular formula is C25H27N3O7S. The van der Waals surface area contributed by atoms with E-state index >= 15 is 0 Å². The van der Waals surface area contributed by atoms with E-state index in [1.165, 1.54) is 30.4 Å². The summed E-state index contributed by atoms with van der Waals surface area (Å²) in [5.74, 6) is -1.98. The fraction of sp³-hybridized carbons (Fsp3) is 0.240. The third kappa shape index (κ3) is 6.11. The average Bonchev–Trinajstić information content (AvgIpc) is 2.84. The number of carbonyl (C=O) groups is 1.